The number of hydrogen-bond donors (Lipinski definition) is 4. The molecule has 18 nitrogen and oxygen atoms in total. The van der Waals surface area contributed by atoms with Crippen LogP contribution in [0, 0.1) is 6.92 Å². The number of carbonyl (C=O) groups excluding carboxylic acids is 6. The number of aliphatic carboxylic acids is 4. The Labute approximate surface area is 285 Å². The molecule has 5 N–H and O–H groups in total. The fraction of sp³-hybridized carbons (Fsp3) is 0.344. The first-order valence-electron chi connectivity index (χ1n) is 15.2. The van der Waals surface area contributed by atoms with Crippen molar-refractivity contribution in [2.24, 2.45) is 0 Å². The summed E-state index contributed by atoms with van der Waals surface area (Å²) in [7, 11) is 0. The third-order valence-corrected chi connectivity index (χ3v) is 7.40. The molecule has 268 valence electrons. The lowest BCUT2D eigenvalue weighted by molar-refractivity contribution is -0.309. The number of fused-ring (bicyclic) bond motifs is 1. The Kier molecular flexibility index (Phi) is 13.9. The molecule has 50 heavy (non-hydrogen) atoms. The van der Waals surface area contributed by atoms with Gasteiger partial charge in [-0.15, -0.1) is 0 Å². The van der Waals surface area contributed by atoms with Crippen LogP contribution < -0.4 is 42.4 Å². The predicted octanol–water partition coefficient (Wildman–Crippen LogP) is -5.88. The van der Waals surface area contributed by atoms with Gasteiger partial charge >= 0.3 is 0 Å². The van der Waals surface area contributed by atoms with Crippen molar-refractivity contribution >= 4 is 58.0 Å². The Bertz CT molecular complexity index is 1780. The highest BCUT2D eigenvalue weighted by Gasteiger charge is 2.20. The number of benzene rings is 2. The molecule has 0 fully saturated rings. The average molecular weight is 694 g/mol. The van der Waals surface area contributed by atoms with Crippen molar-refractivity contribution in [3.8, 4) is 0 Å². The Hall–Kier alpha value is -5.85. The van der Waals surface area contributed by atoms with Crippen LogP contribution in [0.25, 0.3) is 10.9 Å². The Morgan fingerprint density at radius 3 is 1.78 bits per heavy atom. The van der Waals surface area contributed by atoms with Gasteiger partial charge in [0.2, 0.25) is 17.4 Å². The number of nitrogens with two attached hydrogens (primary N) is 1. The van der Waals surface area contributed by atoms with Gasteiger partial charge in [0.15, 0.2) is 0 Å². The topological polar surface area (TPSA) is 287 Å². The minimum atomic E-state index is -1.63. The summed E-state index contributed by atoms with van der Waals surface area (Å²) in [5.41, 5.74) is 7.31. The molecule has 0 bridgehead atoms. The molecule has 0 aliphatic heterocycles. The van der Waals surface area contributed by atoms with E-state index in [1.807, 2.05) is 0 Å². The molecule has 0 radical (unpaired) electrons. The number of aromatic amines is 1. The quantitative estimate of drug-likeness (QED) is 0.0802. The minimum Gasteiger partial charge on any atom is -0.549 e. The van der Waals surface area contributed by atoms with E-state index >= 15 is 0 Å². The van der Waals surface area contributed by atoms with E-state index in [1.165, 1.54) is 40.1 Å². The predicted molar refractivity (Wildman–Crippen MR) is 169 cm³/mol. The highest BCUT2D eigenvalue weighted by atomic mass is 16.4. The molecule has 0 saturated heterocycles. The number of amides is 2. The number of H-pyrrole nitrogens is 1. The van der Waals surface area contributed by atoms with Crippen LogP contribution in [-0.4, -0.2) is 114 Å². The molecule has 2 aromatic carbocycles. The van der Waals surface area contributed by atoms with Gasteiger partial charge in [-0.3, -0.25) is 29.1 Å². The molecule has 0 aliphatic rings. The fourth-order valence-electron chi connectivity index (χ4n) is 5.10. The maximum atomic E-state index is 12.8. The zero-order valence-corrected chi connectivity index (χ0v) is 27.0. The van der Waals surface area contributed by atoms with Gasteiger partial charge < -0.3 is 61.0 Å². The molecule has 18 heteroatoms. The maximum absolute atomic E-state index is 12.8. The van der Waals surface area contributed by atoms with Crippen LogP contribution in [0.1, 0.15) is 17.2 Å². The number of rotatable bonds is 20. The number of carboxylic acid groups (broad SMARTS) is 4. The van der Waals surface area contributed by atoms with E-state index in [-0.39, 0.29) is 37.3 Å². The number of nitrogens with zero attached hydrogens (tertiary/aromatic N) is 3. The van der Waals surface area contributed by atoms with Crippen LogP contribution in [0.3, 0.4) is 0 Å². The number of pyridine rings is 1. The zero-order valence-electron chi connectivity index (χ0n) is 27.0. The SMILES string of the molecule is Cc1cc(=O)[nH]c2cc(NC(=O)CN(CCN(CCN(CC(=O)[O-])CC(=O)NC(C(=O)[O-])c3ccc(N)cc3)CC(=O)[O-])CC(=O)[O-])ccc12. The van der Waals surface area contributed by atoms with Crippen LogP contribution in [0.5, 0.6) is 0 Å². The van der Waals surface area contributed by atoms with Gasteiger partial charge in [0.25, 0.3) is 0 Å². The van der Waals surface area contributed by atoms with E-state index in [0.29, 0.717) is 16.9 Å². The molecule has 3 rings (SSSR count). The van der Waals surface area contributed by atoms with E-state index < -0.39 is 74.5 Å². The number of carboxylic acids is 4. The molecular weight excluding hydrogens is 658 g/mol. The number of nitrogens with one attached hydrogen (secondary N) is 3. The van der Waals surface area contributed by atoms with Crippen molar-refractivity contribution in [3.63, 3.8) is 0 Å². The molecule has 1 atom stereocenters. The van der Waals surface area contributed by atoms with Gasteiger partial charge in [-0.1, -0.05) is 18.2 Å². The van der Waals surface area contributed by atoms with Crippen LogP contribution in [0.15, 0.2) is 53.3 Å². The summed E-state index contributed by atoms with van der Waals surface area (Å²) in [4.78, 5) is 89.6. The molecule has 1 heterocycles. The summed E-state index contributed by atoms with van der Waals surface area (Å²) in [6.07, 6.45) is 0. The van der Waals surface area contributed by atoms with Crippen molar-refractivity contribution in [3.05, 3.63) is 70.0 Å². The number of nitrogen functional groups attached to an aromatic ring is 1. The highest BCUT2D eigenvalue weighted by molar-refractivity contribution is 5.95. The molecular formula is C32H35N7O11-4. The lowest BCUT2D eigenvalue weighted by atomic mass is 10.1. The summed E-state index contributed by atoms with van der Waals surface area (Å²) >= 11 is 0. The van der Waals surface area contributed by atoms with E-state index in [4.69, 9.17) is 5.73 Å². The summed E-state index contributed by atoms with van der Waals surface area (Å²) in [6, 6.07) is 10.3. The highest BCUT2D eigenvalue weighted by Crippen LogP contribution is 2.19. The molecule has 0 saturated carbocycles. The number of aromatic nitrogens is 1. The molecule has 1 unspecified atom stereocenters. The van der Waals surface area contributed by atoms with Crippen LogP contribution in [0.4, 0.5) is 11.4 Å². The van der Waals surface area contributed by atoms with Crippen molar-refractivity contribution in [1.29, 1.82) is 0 Å². The first kappa shape index (κ1) is 38.6. The first-order valence-corrected chi connectivity index (χ1v) is 15.2. The average Bonchev–Trinajstić information content (AvgIpc) is 3.00. The lowest BCUT2D eigenvalue weighted by Crippen LogP contribution is -2.50. The first-order chi connectivity index (χ1) is 23.6. The third-order valence-electron chi connectivity index (χ3n) is 7.40. The Morgan fingerprint density at radius 1 is 0.720 bits per heavy atom. The molecule has 1 aromatic heterocycles. The summed E-state index contributed by atoms with van der Waals surface area (Å²) in [6.45, 7) is -2.14. The summed E-state index contributed by atoms with van der Waals surface area (Å²) < 4.78 is 0. The van der Waals surface area contributed by atoms with Gasteiger partial charge in [0.1, 0.15) is 0 Å². The van der Waals surface area contributed by atoms with Gasteiger partial charge in [0.05, 0.1) is 48.5 Å². The van der Waals surface area contributed by atoms with Crippen molar-refractivity contribution in [2.45, 2.75) is 13.0 Å². The van der Waals surface area contributed by atoms with E-state index in [0.717, 1.165) is 15.8 Å². The second-order valence-electron chi connectivity index (χ2n) is 11.4. The summed E-state index contributed by atoms with van der Waals surface area (Å²) in [5.74, 6) is -7.73. The molecule has 2 amide bonds. The van der Waals surface area contributed by atoms with Crippen LogP contribution in [0.2, 0.25) is 0 Å². The second-order valence-corrected chi connectivity index (χ2v) is 11.4. The smallest absolute Gasteiger partial charge is 0.248 e. The van der Waals surface area contributed by atoms with Crippen molar-refractivity contribution in [2.75, 3.05) is 70.0 Å². The minimum absolute atomic E-state index is 0.139. The Morgan fingerprint density at radius 2 is 1.24 bits per heavy atom. The van der Waals surface area contributed by atoms with Gasteiger partial charge in [-0.25, -0.2) is 0 Å². The number of anilines is 2. The standard InChI is InChI=1S/C32H39N7O11/c1-19-12-25(40)35-24-13-22(6-7-23(19)24)34-26(41)14-38(17-29(45)46)10-8-37(16-28(43)44)9-11-39(18-30(47)48)15-27(42)36-31(32(49)50)20-2-4-21(33)5-3-20/h2-7,12-13,31H,8-11,14-18,33H2,1H3,(H,34,41)(H,35,40)(H,36,42)(H,43,44)(H,45,46)(H,47,48)(H,49,50)/p-4. The second kappa shape index (κ2) is 18.1. The van der Waals surface area contributed by atoms with Gasteiger partial charge in [-0.05, 0) is 42.3 Å². The summed E-state index contributed by atoms with van der Waals surface area (Å²) in [5, 5.41) is 51.6. The largest absolute Gasteiger partial charge is 0.549 e. The molecule has 3 aromatic rings. The van der Waals surface area contributed by atoms with E-state index in [2.05, 4.69) is 15.6 Å². The van der Waals surface area contributed by atoms with Crippen molar-refractivity contribution < 1.29 is 49.2 Å². The molecule has 0 spiro atoms. The normalized spacial score (nSPS) is 11.8. The monoisotopic (exact) mass is 693 g/mol. The zero-order chi connectivity index (χ0) is 37.0. The number of carbonyl (C=O) groups is 6. The van der Waals surface area contributed by atoms with E-state index in [1.54, 1.807) is 25.1 Å². The van der Waals surface area contributed by atoms with Gasteiger partial charge in [0, 0.05) is 68.6 Å². The third kappa shape index (κ3) is 12.6. The lowest BCUT2D eigenvalue weighted by Gasteiger charge is -2.30. The Balaban J connectivity index is 1.64. The maximum Gasteiger partial charge on any atom is 0.248 e. The fourth-order valence-corrected chi connectivity index (χ4v) is 5.10. The molecule has 0 aliphatic carbocycles. The van der Waals surface area contributed by atoms with Crippen LogP contribution >= 0.6 is 0 Å². The number of hydrogen-bond acceptors (Lipinski definition) is 15. The van der Waals surface area contributed by atoms with Gasteiger partial charge in [-0.2, -0.15) is 0 Å². The van der Waals surface area contributed by atoms with Crippen molar-refractivity contribution in [1.82, 2.24) is 25.0 Å². The number of aryl methyl sites for hydroxylation is 1. The van der Waals surface area contributed by atoms with E-state index in [9.17, 15) is 54.0 Å². The van der Waals surface area contributed by atoms with Crippen LogP contribution in [-0.2, 0) is 28.8 Å².